The Kier molecular flexibility index (Phi) is 7.80. The Hall–Kier alpha value is -3.30. The number of pyridine rings is 1. The van der Waals surface area contributed by atoms with Gasteiger partial charge in [0, 0.05) is 6.20 Å². The molecule has 6 N–H and O–H groups in total. The standard InChI is InChI=1S/C10H8BrN5.2C2HF3O2/c11-7-2-1-5(14-7)8-9-6(3-4-13-8)15-10(12)16-9;2*3-2(4,5)1(6)7/h1-4,14H,(H3,12,15,16);2*(H,6,7). The molecule has 30 heavy (non-hydrogen) atoms. The Morgan fingerprint density at radius 3 is 1.87 bits per heavy atom. The zero-order valence-corrected chi connectivity index (χ0v) is 15.7. The van der Waals surface area contributed by atoms with E-state index in [1.165, 1.54) is 0 Å². The highest BCUT2D eigenvalue weighted by atomic mass is 79.9. The Morgan fingerprint density at radius 2 is 1.47 bits per heavy atom. The molecule has 0 amide bonds. The van der Waals surface area contributed by atoms with Crippen molar-refractivity contribution < 1.29 is 46.1 Å². The Labute approximate surface area is 170 Å². The third kappa shape index (κ3) is 7.26. The van der Waals surface area contributed by atoms with E-state index in [1.54, 1.807) is 6.20 Å². The van der Waals surface area contributed by atoms with Crippen molar-refractivity contribution in [2.45, 2.75) is 12.4 Å². The van der Waals surface area contributed by atoms with E-state index in [-0.39, 0.29) is 0 Å². The maximum absolute atomic E-state index is 10.6. The molecule has 0 aromatic carbocycles. The summed E-state index contributed by atoms with van der Waals surface area (Å²) >= 11 is 3.36. The maximum atomic E-state index is 10.6. The van der Waals surface area contributed by atoms with Gasteiger partial charge in [0.2, 0.25) is 0 Å². The zero-order valence-electron chi connectivity index (χ0n) is 14.1. The first-order chi connectivity index (χ1) is 13.6. The van der Waals surface area contributed by atoms with Crippen molar-refractivity contribution in [2.75, 3.05) is 5.73 Å². The van der Waals surface area contributed by atoms with Crippen molar-refractivity contribution in [1.29, 1.82) is 0 Å². The van der Waals surface area contributed by atoms with Crippen molar-refractivity contribution in [3.05, 3.63) is 29.0 Å². The molecule has 0 radical (unpaired) electrons. The number of nitrogen functional groups attached to an aromatic ring is 1. The van der Waals surface area contributed by atoms with Crippen molar-refractivity contribution in [3.63, 3.8) is 0 Å². The number of hydrogen-bond acceptors (Lipinski definition) is 5. The minimum Gasteiger partial charge on any atom is -0.475 e. The highest BCUT2D eigenvalue weighted by molar-refractivity contribution is 9.10. The SMILES string of the molecule is Nc1nc2c(-c3ccc(Br)[nH]3)nccc2[nH]1.O=C(O)C(F)(F)F.O=C(O)C(F)(F)F. The first-order valence-electron chi connectivity index (χ1n) is 7.18. The molecular formula is C14H10BrF6N5O4. The van der Waals surface area contributed by atoms with E-state index in [4.69, 9.17) is 25.5 Å². The van der Waals surface area contributed by atoms with E-state index >= 15 is 0 Å². The zero-order chi connectivity index (χ0) is 23.3. The van der Waals surface area contributed by atoms with Crippen LogP contribution in [0.25, 0.3) is 22.4 Å². The van der Waals surface area contributed by atoms with Gasteiger partial charge in [0.15, 0.2) is 5.95 Å². The number of H-pyrrole nitrogens is 2. The molecule has 0 atom stereocenters. The molecule has 16 heteroatoms. The number of anilines is 1. The summed E-state index contributed by atoms with van der Waals surface area (Å²) in [5.41, 5.74) is 8.98. The monoisotopic (exact) mass is 505 g/mol. The number of hydrogen-bond donors (Lipinski definition) is 5. The van der Waals surface area contributed by atoms with Gasteiger partial charge in [-0.3, -0.25) is 4.98 Å². The number of nitrogens with one attached hydrogen (secondary N) is 2. The fourth-order valence-corrected chi connectivity index (χ4v) is 2.00. The largest absolute Gasteiger partial charge is 0.490 e. The molecule has 3 aromatic rings. The predicted molar refractivity (Wildman–Crippen MR) is 93.2 cm³/mol. The van der Waals surface area contributed by atoms with Gasteiger partial charge >= 0.3 is 24.3 Å². The number of imidazole rings is 1. The van der Waals surface area contributed by atoms with Crippen LogP contribution in [0, 0.1) is 0 Å². The fourth-order valence-electron chi connectivity index (χ4n) is 1.66. The summed E-state index contributed by atoms with van der Waals surface area (Å²) < 4.78 is 64.4. The van der Waals surface area contributed by atoms with Crippen LogP contribution in [0.2, 0.25) is 0 Å². The van der Waals surface area contributed by atoms with E-state index in [0.29, 0.717) is 5.95 Å². The second-order valence-corrected chi connectivity index (χ2v) is 5.86. The molecule has 0 fully saturated rings. The van der Waals surface area contributed by atoms with Crippen molar-refractivity contribution in [2.24, 2.45) is 0 Å². The number of nitrogens with zero attached hydrogens (tertiary/aromatic N) is 2. The Bertz CT molecular complexity index is 1010. The van der Waals surface area contributed by atoms with Gasteiger partial charge in [-0.1, -0.05) is 0 Å². The Morgan fingerprint density at radius 1 is 0.967 bits per heavy atom. The molecule has 0 aliphatic rings. The lowest BCUT2D eigenvalue weighted by molar-refractivity contribution is -0.193. The van der Waals surface area contributed by atoms with Crippen LogP contribution in [0.4, 0.5) is 32.3 Å². The molecule has 0 aliphatic carbocycles. The lowest BCUT2D eigenvalue weighted by Gasteiger charge is -1.97. The van der Waals surface area contributed by atoms with Crippen LogP contribution >= 0.6 is 15.9 Å². The average molecular weight is 506 g/mol. The highest BCUT2D eigenvalue weighted by Crippen LogP contribution is 2.25. The molecule has 0 saturated carbocycles. The molecule has 3 rings (SSSR count). The van der Waals surface area contributed by atoms with Crippen LogP contribution < -0.4 is 5.73 Å². The van der Waals surface area contributed by atoms with E-state index in [1.807, 2.05) is 18.2 Å². The molecule has 3 aromatic heterocycles. The third-order valence-corrected chi connectivity index (χ3v) is 3.27. The number of carbonyl (C=O) groups is 2. The first kappa shape index (κ1) is 24.7. The average Bonchev–Trinajstić information content (AvgIpc) is 3.18. The van der Waals surface area contributed by atoms with Crippen LogP contribution in [0.5, 0.6) is 0 Å². The van der Waals surface area contributed by atoms with E-state index in [9.17, 15) is 26.3 Å². The molecule has 0 bridgehead atoms. The van der Waals surface area contributed by atoms with Gasteiger partial charge in [-0.05, 0) is 34.1 Å². The smallest absolute Gasteiger partial charge is 0.475 e. The number of aromatic nitrogens is 4. The summed E-state index contributed by atoms with van der Waals surface area (Å²) in [6, 6.07) is 5.71. The molecule has 0 unspecified atom stereocenters. The number of nitrogens with two attached hydrogens (primary N) is 1. The molecular weight excluding hydrogens is 496 g/mol. The fraction of sp³-hybridized carbons (Fsp3) is 0.143. The minimum absolute atomic E-state index is 0.398. The van der Waals surface area contributed by atoms with Gasteiger partial charge in [0.05, 0.1) is 15.8 Å². The number of halogens is 7. The second kappa shape index (κ2) is 9.47. The van der Waals surface area contributed by atoms with E-state index < -0.39 is 24.3 Å². The van der Waals surface area contributed by atoms with Crippen LogP contribution in [-0.4, -0.2) is 54.4 Å². The van der Waals surface area contributed by atoms with Gasteiger partial charge in [-0.2, -0.15) is 26.3 Å². The molecule has 0 spiro atoms. The summed E-state index contributed by atoms with van der Waals surface area (Å²) in [5.74, 6) is -5.12. The summed E-state index contributed by atoms with van der Waals surface area (Å²) in [5, 5.41) is 14.2. The minimum atomic E-state index is -5.08. The number of carboxylic acids is 2. The number of aliphatic carboxylic acids is 2. The lowest BCUT2D eigenvalue weighted by Crippen LogP contribution is -2.21. The Balaban J connectivity index is 0.000000271. The van der Waals surface area contributed by atoms with Gasteiger partial charge < -0.3 is 25.9 Å². The van der Waals surface area contributed by atoms with Gasteiger partial charge in [-0.15, -0.1) is 0 Å². The predicted octanol–water partition coefficient (Wildman–Crippen LogP) is 3.56. The topological polar surface area (TPSA) is 158 Å². The number of carboxylic acid groups (broad SMARTS) is 2. The summed E-state index contributed by atoms with van der Waals surface area (Å²) in [7, 11) is 0. The molecule has 0 aliphatic heterocycles. The number of fused-ring (bicyclic) bond motifs is 1. The highest BCUT2D eigenvalue weighted by Gasteiger charge is 2.38. The van der Waals surface area contributed by atoms with Crippen molar-refractivity contribution >= 4 is 44.9 Å². The first-order valence-corrected chi connectivity index (χ1v) is 7.97. The summed E-state index contributed by atoms with van der Waals surface area (Å²) in [6.07, 6.45) is -8.44. The van der Waals surface area contributed by atoms with Gasteiger partial charge in [0.1, 0.15) is 11.2 Å². The number of alkyl halides is 6. The second-order valence-electron chi connectivity index (χ2n) is 5.00. The summed E-state index contributed by atoms with van der Waals surface area (Å²) in [4.78, 5) is 32.5. The maximum Gasteiger partial charge on any atom is 0.490 e. The van der Waals surface area contributed by atoms with Gasteiger partial charge in [0.25, 0.3) is 0 Å². The van der Waals surface area contributed by atoms with E-state index in [0.717, 1.165) is 27.0 Å². The quantitative estimate of drug-likeness (QED) is 0.316. The summed E-state index contributed by atoms with van der Waals surface area (Å²) in [6.45, 7) is 0. The van der Waals surface area contributed by atoms with Crippen LogP contribution in [0.1, 0.15) is 0 Å². The normalized spacial score (nSPS) is 11.2. The van der Waals surface area contributed by atoms with Crippen molar-refractivity contribution in [3.8, 4) is 11.4 Å². The third-order valence-electron chi connectivity index (χ3n) is 2.81. The number of rotatable bonds is 1. The molecule has 3 heterocycles. The molecule has 9 nitrogen and oxygen atoms in total. The van der Waals surface area contributed by atoms with Crippen molar-refractivity contribution in [1.82, 2.24) is 19.9 Å². The number of aromatic amines is 2. The van der Waals surface area contributed by atoms with Crippen LogP contribution in [0.15, 0.2) is 29.0 Å². The lowest BCUT2D eigenvalue weighted by atomic mass is 10.2. The van der Waals surface area contributed by atoms with Crippen LogP contribution in [-0.2, 0) is 9.59 Å². The molecule has 0 saturated heterocycles. The molecule has 164 valence electrons. The van der Waals surface area contributed by atoms with Gasteiger partial charge in [-0.25, -0.2) is 14.6 Å². The van der Waals surface area contributed by atoms with Crippen LogP contribution in [0.3, 0.4) is 0 Å². The van der Waals surface area contributed by atoms with E-state index in [2.05, 4.69) is 35.9 Å².